The Hall–Kier alpha value is -0.990. The summed E-state index contributed by atoms with van der Waals surface area (Å²) in [7, 11) is 1.62. The Labute approximate surface area is 130 Å². The molecular formula is C13H26N2O5S. The summed E-state index contributed by atoms with van der Waals surface area (Å²) in [5.41, 5.74) is 0. The van der Waals surface area contributed by atoms with E-state index in [1.54, 1.807) is 18.9 Å². The van der Waals surface area contributed by atoms with Crippen molar-refractivity contribution < 1.29 is 24.2 Å². The van der Waals surface area contributed by atoms with Gasteiger partial charge in [-0.3, -0.25) is 0 Å². The molecule has 0 aliphatic carbocycles. The van der Waals surface area contributed by atoms with Crippen LogP contribution in [0.15, 0.2) is 0 Å². The van der Waals surface area contributed by atoms with Crippen LogP contribution in [0.2, 0.25) is 0 Å². The summed E-state index contributed by atoms with van der Waals surface area (Å²) in [5.74, 6) is -0.318. The average Bonchev–Trinajstić information content (AvgIpc) is 2.46. The highest BCUT2D eigenvalue weighted by molar-refractivity contribution is 7.98. The van der Waals surface area contributed by atoms with E-state index in [1.165, 1.54) is 0 Å². The minimum atomic E-state index is -1.01. The van der Waals surface area contributed by atoms with Gasteiger partial charge in [0.25, 0.3) is 0 Å². The molecule has 0 saturated heterocycles. The fourth-order valence-corrected chi connectivity index (χ4v) is 1.95. The largest absolute Gasteiger partial charge is 0.480 e. The molecule has 1 unspecified atom stereocenters. The molecule has 0 spiro atoms. The molecule has 3 N–H and O–H groups in total. The third-order valence-corrected chi connectivity index (χ3v) is 3.29. The predicted octanol–water partition coefficient (Wildman–Crippen LogP) is 0.935. The van der Waals surface area contributed by atoms with Crippen LogP contribution in [0.1, 0.15) is 19.3 Å². The quantitative estimate of drug-likeness (QED) is 0.437. The van der Waals surface area contributed by atoms with Gasteiger partial charge in [0.1, 0.15) is 6.04 Å². The molecule has 0 aromatic rings. The number of hydrogen-bond donors (Lipinski definition) is 3. The van der Waals surface area contributed by atoms with Gasteiger partial charge >= 0.3 is 12.0 Å². The molecule has 0 fully saturated rings. The van der Waals surface area contributed by atoms with Gasteiger partial charge in [0, 0.05) is 20.3 Å². The Morgan fingerprint density at radius 3 is 2.62 bits per heavy atom. The van der Waals surface area contributed by atoms with Crippen LogP contribution in [0.25, 0.3) is 0 Å². The van der Waals surface area contributed by atoms with Crippen molar-refractivity contribution in [1.82, 2.24) is 10.6 Å². The standard InChI is InChI=1S/C13H26N2O5S/c1-19-8-9-20-7-4-3-6-14-13(18)15-11(12(16)17)5-10-21-2/h11H,3-10H2,1-2H3,(H,16,17)(H2,14,15,18). The topological polar surface area (TPSA) is 96.9 Å². The van der Waals surface area contributed by atoms with Crippen LogP contribution in [0, 0.1) is 0 Å². The zero-order valence-electron chi connectivity index (χ0n) is 12.7. The first kappa shape index (κ1) is 20.0. The van der Waals surface area contributed by atoms with Crippen molar-refractivity contribution in [3.8, 4) is 0 Å². The molecule has 21 heavy (non-hydrogen) atoms. The highest BCUT2D eigenvalue weighted by Gasteiger charge is 2.18. The number of carboxylic acid groups (broad SMARTS) is 1. The van der Waals surface area contributed by atoms with Crippen LogP contribution in [0.4, 0.5) is 4.79 Å². The highest BCUT2D eigenvalue weighted by Crippen LogP contribution is 2.00. The number of thioether (sulfide) groups is 1. The van der Waals surface area contributed by atoms with Crippen molar-refractivity contribution in [3.05, 3.63) is 0 Å². The van der Waals surface area contributed by atoms with Gasteiger partial charge in [0.05, 0.1) is 13.2 Å². The van der Waals surface area contributed by atoms with E-state index in [0.717, 1.165) is 12.8 Å². The number of amides is 2. The Balaban J connectivity index is 3.61. The molecule has 0 radical (unpaired) electrons. The van der Waals surface area contributed by atoms with Crippen molar-refractivity contribution in [2.24, 2.45) is 0 Å². The first-order valence-electron chi connectivity index (χ1n) is 6.94. The summed E-state index contributed by atoms with van der Waals surface area (Å²) in [6.07, 6.45) is 3.92. The summed E-state index contributed by atoms with van der Waals surface area (Å²) in [4.78, 5) is 22.5. The lowest BCUT2D eigenvalue weighted by Gasteiger charge is -2.14. The van der Waals surface area contributed by atoms with Crippen molar-refractivity contribution in [2.45, 2.75) is 25.3 Å². The fraction of sp³-hybridized carbons (Fsp3) is 0.846. The smallest absolute Gasteiger partial charge is 0.326 e. The van der Waals surface area contributed by atoms with E-state index in [2.05, 4.69) is 10.6 Å². The van der Waals surface area contributed by atoms with Crippen molar-refractivity contribution >= 4 is 23.8 Å². The van der Waals surface area contributed by atoms with Crippen LogP contribution in [0.3, 0.4) is 0 Å². The Morgan fingerprint density at radius 1 is 1.24 bits per heavy atom. The van der Waals surface area contributed by atoms with E-state index in [0.29, 0.717) is 38.5 Å². The Morgan fingerprint density at radius 2 is 2.00 bits per heavy atom. The van der Waals surface area contributed by atoms with Crippen molar-refractivity contribution in [3.63, 3.8) is 0 Å². The molecule has 8 heteroatoms. The van der Waals surface area contributed by atoms with Gasteiger partial charge in [0.15, 0.2) is 0 Å². The summed E-state index contributed by atoms with van der Waals surface area (Å²) < 4.78 is 10.1. The van der Waals surface area contributed by atoms with Gasteiger partial charge in [-0.1, -0.05) is 0 Å². The zero-order valence-corrected chi connectivity index (χ0v) is 13.5. The first-order valence-corrected chi connectivity index (χ1v) is 8.34. The molecule has 0 aromatic carbocycles. The van der Waals surface area contributed by atoms with Crippen LogP contribution in [-0.2, 0) is 14.3 Å². The fourth-order valence-electron chi connectivity index (χ4n) is 1.48. The zero-order chi connectivity index (χ0) is 15.9. The second kappa shape index (κ2) is 14.0. The highest BCUT2D eigenvalue weighted by atomic mass is 32.2. The maximum atomic E-state index is 11.6. The first-order chi connectivity index (χ1) is 10.1. The summed E-state index contributed by atoms with van der Waals surface area (Å²) in [6, 6.07) is -1.28. The van der Waals surface area contributed by atoms with Crippen LogP contribution < -0.4 is 10.6 Å². The number of urea groups is 1. The molecule has 0 bridgehead atoms. The molecule has 0 aliphatic heterocycles. The number of methoxy groups -OCH3 is 1. The molecule has 124 valence electrons. The summed E-state index contributed by atoms with van der Waals surface area (Å²) in [6.45, 7) is 2.26. The Kier molecular flexibility index (Phi) is 13.3. The number of nitrogens with one attached hydrogen (secondary N) is 2. The minimum absolute atomic E-state index is 0.414. The van der Waals surface area contributed by atoms with E-state index < -0.39 is 18.0 Å². The normalized spacial score (nSPS) is 11.9. The number of carbonyl (C=O) groups excluding carboxylic acids is 1. The maximum Gasteiger partial charge on any atom is 0.326 e. The third-order valence-electron chi connectivity index (χ3n) is 2.65. The van der Waals surface area contributed by atoms with E-state index >= 15 is 0 Å². The molecule has 1 atom stereocenters. The molecule has 0 rings (SSSR count). The van der Waals surface area contributed by atoms with Gasteiger partial charge < -0.3 is 25.2 Å². The monoisotopic (exact) mass is 322 g/mol. The van der Waals surface area contributed by atoms with Gasteiger partial charge in [-0.25, -0.2) is 9.59 Å². The van der Waals surface area contributed by atoms with Crippen LogP contribution in [-0.4, -0.2) is 68.6 Å². The number of unbranched alkanes of at least 4 members (excludes halogenated alkanes) is 1. The second-order valence-corrected chi connectivity index (χ2v) is 5.37. The SMILES string of the molecule is COCCOCCCCNC(=O)NC(CCSC)C(=O)O. The van der Waals surface area contributed by atoms with Gasteiger partial charge in [-0.2, -0.15) is 11.8 Å². The lowest BCUT2D eigenvalue weighted by atomic mass is 10.2. The van der Waals surface area contributed by atoms with Gasteiger partial charge in [0.2, 0.25) is 0 Å². The van der Waals surface area contributed by atoms with Crippen LogP contribution >= 0.6 is 11.8 Å². The second-order valence-electron chi connectivity index (χ2n) is 4.38. The van der Waals surface area contributed by atoms with E-state index in [9.17, 15) is 9.59 Å². The van der Waals surface area contributed by atoms with Crippen molar-refractivity contribution in [1.29, 1.82) is 0 Å². The number of carbonyl (C=O) groups is 2. The minimum Gasteiger partial charge on any atom is -0.480 e. The molecule has 0 saturated carbocycles. The molecule has 7 nitrogen and oxygen atoms in total. The number of ether oxygens (including phenoxy) is 2. The molecule has 2 amide bonds. The predicted molar refractivity (Wildman–Crippen MR) is 82.9 cm³/mol. The Bertz CT molecular complexity index is 292. The van der Waals surface area contributed by atoms with Gasteiger partial charge in [-0.15, -0.1) is 0 Å². The third kappa shape index (κ3) is 12.5. The van der Waals surface area contributed by atoms with E-state index in [-0.39, 0.29) is 0 Å². The van der Waals surface area contributed by atoms with Gasteiger partial charge in [-0.05, 0) is 31.3 Å². The number of aliphatic carboxylic acids is 1. The molecule has 0 heterocycles. The van der Waals surface area contributed by atoms with E-state index in [1.807, 2.05) is 6.26 Å². The summed E-state index contributed by atoms with van der Waals surface area (Å²) >= 11 is 1.55. The molecule has 0 aromatic heterocycles. The molecular weight excluding hydrogens is 296 g/mol. The van der Waals surface area contributed by atoms with E-state index in [4.69, 9.17) is 14.6 Å². The average molecular weight is 322 g/mol. The number of rotatable bonds is 13. The van der Waals surface area contributed by atoms with Crippen molar-refractivity contribution in [2.75, 3.05) is 45.5 Å². The number of hydrogen-bond acceptors (Lipinski definition) is 5. The van der Waals surface area contributed by atoms with Crippen LogP contribution in [0.5, 0.6) is 0 Å². The lowest BCUT2D eigenvalue weighted by Crippen LogP contribution is -2.46. The maximum absolute atomic E-state index is 11.6. The number of carboxylic acids is 1. The molecule has 0 aliphatic rings. The summed E-state index contributed by atoms with van der Waals surface area (Å²) in [5, 5.41) is 14.1. The lowest BCUT2D eigenvalue weighted by molar-refractivity contribution is -0.139.